The van der Waals surface area contributed by atoms with Gasteiger partial charge >= 0.3 is 0 Å². The van der Waals surface area contributed by atoms with Crippen molar-refractivity contribution >= 4 is 5.82 Å². The Kier molecular flexibility index (Phi) is 2.42. The van der Waals surface area contributed by atoms with Crippen LogP contribution in [-0.4, -0.2) is 24.6 Å². The Labute approximate surface area is 77.5 Å². The molecule has 1 aromatic heterocycles. The SMILES string of the molecule is Nc1cc([C@@H]2CNCCN2)ccn1. The third-order valence-electron chi connectivity index (χ3n) is 2.25. The number of pyridine rings is 1. The Balaban J connectivity index is 2.14. The summed E-state index contributed by atoms with van der Waals surface area (Å²) in [7, 11) is 0. The Bertz CT molecular complexity index is 281. The van der Waals surface area contributed by atoms with E-state index in [1.165, 1.54) is 5.56 Å². The molecule has 1 aliphatic heterocycles. The molecule has 2 heterocycles. The molecule has 1 aliphatic rings. The first kappa shape index (κ1) is 8.47. The molecule has 70 valence electrons. The van der Waals surface area contributed by atoms with Gasteiger partial charge in [0.2, 0.25) is 0 Å². The third kappa shape index (κ3) is 1.96. The fourth-order valence-corrected chi connectivity index (χ4v) is 1.57. The van der Waals surface area contributed by atoms with Crippen LogP contribution in [0.3, 0.4) is 0 Å². The minimum atomic E-state index is 0.374. The van der Waals surface area contributed by atoms with E-state index in [-0.39, 0.29) is 0 Å². The van der Waals surface area contributed by atoms with E-state index >= 15 is 0 Å². The van der Waals surface area contributed by atoms with Crippen molar-refractivity contribution in [1.82, 2.24) is 15.6 Å². The number of anilines is 1. The van der Waals surface area contributed by atoms with Gasteiger partial charge in [-0.25, -0.2) is 4.98 Å². The molecule has 1 saturated heterocycles. The molecule has 0 amide bonds. The zero-order valence-corrected chi connectivity index (χ0v) is 7.46. The van der Waals surface area contributed by atoms with E-state index < -0.39 is 0 Å². The van der Waals surface area contributed by atoms with Crippen LogP contribution in [0.1, 0.15) is 11.6 Å². The summed E-state index contributed by atoms with van der Waals surface area (Å²) in [5.74, 6) is 0.588. The van der Waals surface area contributed by atoms with Gasteiger partial charge < -0.3 is 16.4 Å². The zero-order valence-electron chi connectivity index (χ0n) is 7.46. The van der Waals surface area contributed by atoms with Gasteiger partial charge in [0.25, 0.3) is 0 Å². The van der Waals surface area contributed by atoms with Gasteiger partial charge in [-0.15, -0.1) is 0 Å². The maximum atomic E-state index is 5.61. The van der Waals surface area contributed by atoms with Crippen molar-refractivity contribution < 1.29 is 0 Å². The van der Waals surface area contributed by atoms with Gasteiger partial charge in [0.15, 0.2) is 0 Å². The standard InChI is InChI=1S/C9H14N4/c10-9-5-7(1-2-13-9)8-6-11-3-4-12-8/h1-2,5,8,11-12H,3-4,6H2,(H2,10,13)/t8-/m0/s1. The first-order valence-electron chi connectivity index (χ1n) is 4.52. The van der Waals surface area contributed by atoms with Crippen molar-refractivity contribution in [2.75, 3.05) is 25.4 Å². The summed E-state index contributed by atoms with van der Waals surface area (Å²) in [6.07, 6.45) is 1.75. The molecule has 1 atom stereocenters. The van der Waals surface area contributed by atoms with Crippen LogP contribution >= 0.6 is 0 Å². The number of hydrogen-bond acceptors (Lipinski definition) is 4. The number of nitrogens with one attached hydrogen (secondary N) is 2. The number of nitrogens with two attached hydrogens (primary N) is 1. The van der Waals surface area contributed by atoms with Crippen LogP contribution in [-0.2, 0) is 0 Å². The van der Waals surface area contributed by atoms with Crippen LogP contribution in [0.25, 0.3) is 0 Å². The molecule has 0 spiro atoms. The topological polar surface area (TPSA) is 63.0 Å². The highest BCUT2D eigenvalue weighted by atomic mass is 15.1. The predicted molar refractivity (Wildman–Crippen MR) is 52.3 cm³/mol. The van der Waals surface area contributed by atoms with Crippen molar-refractivity contribution in [3.63, 3.8) is 0 Å². The Morgan fingerprint density at radius 3 is 3.08 bits per heavy atom. The van der Waals surface area contributed by atoms with Crippen molar-refractivity contribution in [2.45, 2.75) is 6.04 Å². The monoisotopic (exact) mass is 178 g/mol. The first-order chi connectivity index (χ1) is 6.36. The molecular weight excluding hydrogens is 164 g/mol. The highest BCUT2D eigenvalue weighted by Gasteiger charge is 2.13. The second-order valence-corrected chi connectivity index (χ2v) is 3.22. The fraction of sp³-hybridized carbons (Fsp3) is 0.444. The molecule has 0 aromatic carbocycles. The largest absolute Gasteiger partial charge is 0.384 e. The molecular formula is C9H14N4. The van der Waals surface area contributed by atoms with E-state index in [0.717, 1.165) is 19.6 Å². The third-order valence-corrected chi connectivity index (χ3v) is 2.25. The lowest BCUT2D eigenvalue weighted by atomic mass is 10.1. The van der Waals surface area contributed by atoms with Gasteiger partial charge in [0.05, 0.1) is 0 Å². The van der Waals surface area contributed by atoms with Crippen molar-refractivity contribution in [3.8, 4) is 0 Å². The lowest BCUT2D eigenvalue weighted by molar-refractivity contribution is 0.430. The molecule has 4 N–H and O–H groups in total. The number of nitrogens with zero attached hydrogens (tertiary/aromatic N) is 1. The zero-order chi connectivity index (χ0) is 9.10. The predicted octanol–water partition coefficient (Wildman–Crippen LogP) is -0.102. The minimum Gasteiger partial charge on any atom is -0.384 e. The van der Waals surface area contributed by atoms with Gasteiger partial charge in [-0.05, 0) is 17.7 Å². The van der Waals surface area contributed by atoms with Gasteiger partial charge in [0.1, 0.15) is 5.82 Å². The van der Waals surface area contributed by atoms with E-state index in [9.17, 15) is 0 Å². The number of nitrogen functional groups attached to an aromatic ring is 1. The maximum absolute atomic E-state index is 5.61. The van der Waals surface area contributed by atoms with Crippen LogP contribution in [0, 0.1) is 0 Å². The molecule has 0 aliphatic carbocycles. The summed E-state index contributed by atoms with van der Waals surface area (Å²) in [5, 5.41) is 6.75. The lowest BCUT2D eigenvalue weighted by Gasteiger charge is -2.24. The average Bonchev–Trinajstić information content (AvgIpc) is 2.19. The second kappa shape index (κ2) is 3.72. The van der Waals surface area contributed by atoms with E-state index in [2.05, 4.69) is 15.6 Å². The molecule has 4 nitrogen and oxygen atoms in total. The second-order valence-electron chi connectivity index (χ2n) is 3.22. The van der Waals surface area contributed by atoms with E-state index in [4.69, 9.17) is 5.73 Å². The molecule has 1 aromatic rings. The number of piperazine rings is 1. The Hall–Kier alpha value is -1.13. The summed E-state index contributed by atoms with van der Waals surface area (Å²) in [6, 6.07) is 4.30. The summed E-state index contributed by atoms with van der Waals surface area (Å²) >= 11 is 0. The molecule has 0 radical (unpaired) electrons. The minimum absolute atomic E-state index is 0.374. The highest BCUT2D eigenvalue weighted by molar-refractivity contribution is 5.33. The van der Waals surface area contributed by atoms with Crippen molar-refractivity contribution in [3.05, 3.63) is 23.9 Å². The Morgan fingerprint density at radius 2 is 2.38 bits per heavy atom. The highest BCUT2D eigenvalue weighted by Crippen LogP contribution is 2.14. The van der Waals surface area contributed by atoms with Crippen LogP contribution in [0.2, 0.25) is 0 Å². The molecule has 4 heteroatoms. The fourth-order valence-electron chi connectivity index (χ4n) is 1.57. The summed E-state index contributed by atoms with van der Waals surface area (Å²) in [6.45, 7) is 3.01. The molecule has 0 bridgehead atoms. The van der Waals surface area contributed by atoms with Crippen LogP contribution in [0.4, 0.5) is 5.82 Å². The van der Waals surface area contributed by atoms with Crippen LogP contribution < -0.4 is 16.4 Å². The smallest absolute Gasteiger partial charge is 0.123 e. The van der Waals surface area contributed by atoms with Gasteiger partial charge in [-0.1, -0.05) is 0 Å². The van der Waals surface area contributed by atoms with Gasteiger partial charge in [-0.3, -0.25) is 0 Å². The quantitative estimate of drug-likeness (QED) is 0.562. The molecule has 1 fully saturated rings. The normalized spacial score (nSPS) is 22.9. The van der Waals surface area contributed by atoms with Gasteiger partial charge in [0, 0.05) is 31.9 Å². The molecule has 0 unspecified atom stereocenters. The summed E-state index contributed by atoms with van der Waals surface area (Å²) < 4.78 is 0. The number of rotatable bonds is 1. The summed E-state index contributed by atoms with van der Waals surface area (Å²) in [4.78, 5) is 3.96. The average molecular weight is 178 g/mol. The summed E-state index contributed by atoms with van der Waals surface area (Å²) in [5.41, 5.74) is 6.81. The Morgan fingerprint density at radius 1 is 1.46 bits per heavy atom. The van der Waals surface area contributed by atoms with E-state index in [0.29, 0.717) is 11.9 Å². The van der Waals surface area contributed by atoms with Crippen LogP contribution in [0.5, 0.6) is 0 Å². The molecule has 0 saturated carbocycles. The number of aromatic nitrogens is 1. The first-order valence-corrected chi connectivity index (χ1v) is 4.52. The maximum Gasteiger partial charge on any atom is 0.123 e. The number of hydrogen-bond donors (Lipinski definition) is 3. The van der Waals surface area contributed by atoms with E-state index in [1.807, 2.05) is 12.1 Å². The molecule has 2 rings (SSSR count). The van der Waals surface area contributed by atoms with Crippen LogP contribution in [0.15, 0.2) is 18.3 Å². The lowest BCUT2D eigenvalue weighted by Crippen LogP contribution is -2.42. The molecule has 13 heavy (non-hydrogen) atoms. The van der Waals surface area contributed by atoms with Gasteiger partial charge in [-0.2, -0.15) is 0 Å². The van der Waals surface area contributed by atoms with Crippen molar-refractivity contribution in [2.24, 2.45) is 0 Å². The van der Waals surface area contributed by atoms with Crippen molar-refractivity contribution in [1.29, 1.82) is 0 Å². The van der Waals surface area contributed by atoms with E-state index in [1.54, 1.807) is 6.20 Å².